The summed E-state index contributed by atoms with van der Waals surface area (Å²) in [6.45, 7) is 0.628. The summed E-state index contributed by atoms with van der Waals surface area (Å²) in [5.41, 5.74) is 8.86. The van der Waals surface area contributed by atoms with E-state index in [2.05, 4.69) is 51.5 Å². The Hall–Kier alpha value is -0.780. The van der Waals surface area contributed by atoms with E-state index in [1.807, 2.05) is 11.7 Å². The van der Waals surface area contributed by atoms with Gasteiger partial charge in [0.05, 0.1) is 10.2 Å². The summed E-state index contributed by atoms with van der Waals surface area (Å²) in [5.74, 6) is 0. The van der Waals surface area contributed by atoms with Crippen LogP contribution >= 0.6 is 27.7 Å². The Balaban J connectivity index is 2.40. The standard InChI is InChI=1S/C13H16BrN3S/c1-17-11(7-8-15)12(14)13(16-17)9-3-5-10(18-2)6-4-9/h3-6H,7-8,15H2,1-2H3. The zero-order valence-electron chi connectivity index (χ0n) is 10.5. The van der Waals surface area contributed by atoms with Crippen molar-refractivity contribution >= 4 is 27.7 Å². The van der Waals surface area contributed by atoms with Crippen molar-refractivity contribution in [3.63, 3.8) is 0 Å². The van der Waals surface area contributed by atoms with Gasteiger partial charge in [0.1, 0.15) is 5.69 Å². The third-order valence-electron chi connectivity index (χ3n) is 2.85. The highest BCUT2D eigenvalue weighted by Gasteiger charge is 2.14. The van der Waals surface area contributed by atoms with Crippen LogP contribution in [0.25, 0.3) is 11.3 Å². The van der Waals surface area contributed by atoms with E-state index >= 15 is 0 Å². The molecule has 0 aliphatic carbocycles. The van der Waals surface area contributed by atoms with Crippen molar-refractivity contribution in [1.29, 1.82) is 0 Å². The van der Waals surface area contributed by atoms with Crippen LogP contribution in [0.2, 0.25) is 0 Å². The number of benzene rings is 1. The lowest BCUT2D eigenvalue weighted by atomic mass is 10.1. The van der Waals surface area contributed by atoms with E-state index in [0.717, 1.165) is 27.8 Å². The molecule has 0 spiro atoms. The van der Waals surface area contributed by atoms with Crippen LogP contribution in [-0.4, -0.2) is 22.6 Å². The van der Waals surface area contributed by atoms with Crippen molar-refractivity contribution in [2.24, 2.45) is 12.8 Å². The first-order chi connectivity index (χ1) is 8.67. The molecule has 0 aliphatic heterocycles. The van der Waals surface area contributed by atoms with Crippen LogP contribution < -0.4 is 5.73 Å². The van der Waals surface area contributed by atoms with Crippen molar-refractivity contribution in [3.05, 3.63) is 34.4 Å². The lowest BCUT2D eigenvalue weighted by Crippen LogP contribution is -2.07. The summed E-state index contributed by atoms with van der Waals surface area (Å²) in [7, 11) is 1.95. The number of nitrogens with two attached hydrogens (primary N) is 1. The van der Waals surface area contributed by atoms with Gasteiger partial charge < -0.3 is 5.73 Å². The van der Waals surface area contributed by atoms with Crippen molar-refractivity contribution < 1.29 is 0 Å². The number of nitrogens with zero attached hydrogens (tertiary/aromatic N) is 2. The van der Waals surface area contributed by atoms with Gasteiger partial charge >= 0.3 is 0 Å². The summed E-state index contributed by atoms with van der Waals surface area (Å²) >= 11 is 5.37. The number of hydrogen-bond donors (Lipinski definition) is 1. The maximum absolute atomic E-state index is 5.62. The van der Waals surface area contributed by atoms with Crippen molar-refractivity contribution in [3.8, 4) is 11.3 Å². The van der Waals surface area contributed by atoms with E-state index in [4.69, 9.17) is 5.73 Å². The normalized spacial score (nSPS) is 10.9. The summed E-state index contributed by atoms with van der Waals surface area (Å²) in [5, 5.41) is 4.56. The van der Waals surface area contributed by atoms with Crippen molar-refractivity contribution in [1.82, 2.24) is 9.78 Å². The lowest BCUT2D eigenvalue weighted by Gasteiger charge is -2.00. The van der Waals surface area contributed by atoms with E-state index in [1.165, 1.54) is 4.90 Å². The predicted molar refractivity (Wildman–Crippen MR) is 80.9 cm³/mol. The quantitative estimate of drug-likeness (QED) is 0.878. The largest absolute Gasteiger partial charge is 0.330 e. The van der Waals surface area contributed by atoms with Crippen LogP contribution in [0.5, 0.6) is 0 Å². The number of thioether (sulfide) groups is 1. The highest BCUT2D eigenvalue weighted by Crippen LogP contribution is 2.31. The smallest absolute Gasteiger partial charge is 0.107 e. The summed E-state index contributed by atoms with van der Waals surface area (Å²) in [6.07, 6.45) is 2.90. The SMILES string of the molecule is CSc1ccc(-c2nn(C)c(CCN)c2Br)cc1. The van der Waals surface area contributed by atoms with Gasteiger partial charge in [0, 0.05) is 23.9 Å². The van der Waals surface area contributed by atoms with Gasteiger partial charge in [-0.25, -0.2) is 0 Å². The third kappa shape index (κ3) is 2.63. The van der Waals surface area contributed by atoms with Crippen molar-refractivity contribution in [2.45, 2.75) is 11.3 Å². The van der Waals surface area contributed by atoms with Gasteiger partial charge in [-0.05, 0) is 40.9 Å². The van der Waals surface area contributed by atoms with E-state index < -0.39 is 0 Å². The average molecular weight is 326 g/mol. The first-order valence-electron chi connectivity index (χ1n) is 5.73. The topological polar surface area (TPSA) is 43.8 Å². The minimum absolute atomic E-state index is 0.628. The Bertz CT molecular complexity index is 534. The molecule has 0 fully saturated rings. The minimum atomic E-state index is 0.628. The Labute approximate surface area is 120 Å². The molecule has 0 amide bonds. The fraction of sp³-hybridized carbons (Fsp3) is 0.308. The number of hydrogen-bond acceptors (Lipinski definition) is 3. The molecule has 1 aromatic carbocycles. The molecule has 96 valence electrons. The molecule has 0 radical (unpaired) electrons. The zero-order chi connectivity index (χ0) is 13.1. The molecule has 0 unspecified atom stereocenters. The molecule has 0 saturated carbocycles. The van der Waals surface area contributed by atoms with Gasteiger partial charge in [-0.2, -0.15) is 5.10 Å². The Kier molecular flexibility index (Phi) is 4.48. The molecule has 18 heavy (non-hydrogen) atoms. The van der Waals surface area contributed by atoms with E-state index in [1.54, 1.807) is 11.8 Å². The van der Waals surface area contributed by atoms with Gasteiger partial charge in [0.2, 0.25) is 0 Å². The maximum Gasteiger partial charge on any atom is 0.107 e. The fourth-order valence-corrected chi connectivity index (χ4v) is 3.05. The molecule has 2 rings (SSSR count). The Morgan fingerprint density at radius 3 is 2.56 bits per heavy atom. The molecule has 0 atom stereocenters. The fourth-order valence-electron chi connectivity index (χ4n) is 1.87. The molecule has 1 aromatic heterocycles. The third-order valence-corrected chi connectivity index (χ3v) is 4.42. The van der Waals surface area contributed by atoms with Gasteiger partial charge in [0.15, 0.2) is 0 Å². The Morgan fingerprint density at radius 2 is 2.00 bits per heavy atom. The van der Waals surface area contributed by atoms with Crippen LogP contribution in [0, 0.1) is 0 Å². The van der Waals surface area contributed by atoms with E-state index in [0.29, 0.717) is 6.54 Å². The minimum Gasteiger partial charge on any atom is -0.330 e. The van der Waals surface area contributed by atoms with Gasteiger partial charge in [-0.15, -0.1) is 11.8 Å². The van der Waals surface area contributed by atoms with Crippen LogP contribution in [0.3, 0.4) is 0 Å². The average Bonchev–Trinajstić information content (AvgIpc) is 2.67. The molecule has 0 aliphatic rings. The highest BCUT2D eigenvalue weighted by molar-refractivity contribution is 9.10. The van der Waals surface area contributed by atoms with Gasteiger partial charge in [0.25, 0.3) is 0 Å². The molecule has 2 N–H and O–H groups in total. The molecule has 0 bridgehead atoms. The molecule has 3 nitrogen and oxygen atoms in total. The summed E-state index contributed by atoms with van der Waals surface area (Å²) in [6, 6.07) is 8.43. The van der Waals surface area contributed by atoms with E-state index in [9.17, 15) is 0 Å². The molecule has 2 aromatic rings. The lowest BCUT2D eigenvalue weighted by molar-refractivity contribution is 0.707. The second kappa shape index (κ2) is 5.91. The zero-order valence-corrected chi connectivity index (χ0v) is 12.9. The molecular weight excluding hydrogens is 310 g/mol. The number of aromatic nitrogens is 2. The highest BCUT2D eigenvalue weighted by atomic mass is 79.9. The number of rotatable bonds is 4. The predicted octanol–water partition coefficient (Wildman–Crippen LogP) is 3.07. The van der Waals surface area contributed by atoms with Crippen LogP contribution in [0.4, 0.5) is 0 Å². The second-order valence-corrected chi connectivity index (χ2v) is 5.67. The summed E-state index contributed by atoms with van der Waals surface area (Å²) < 4.78 is 2.95. The van der Waals surface area contributed by atoms with E-state index in [-0.39, 0.29) is 0 Å². The van der Waals surface area contributed by atoms with Gasteiger partial charge in [-0.1, -0.05) is 12.1 Å². The first-order valence-corrected chi connectivity index (χ1v) is 7.75. The first kappa shape index (κ1) is 13.6. The van der Waals surface area contributed by atoms with Crippen LogP contribution in [0.15, 0.2) is 33.6 Å². The summed E-state index contributed by atoms with van der Waals surface area (Å²) in [4.78, 5) is 1.26. The van der Waals surface area contributed by atoms with Gasteiger partial charge in [-0.3, -0.25) is 4.68 Å². The van der Waals surface area contributed by atoms with Crippen molar-refractivity contribution in [2.75, 3.05) is 12.8 Å². The van der Waals surface area contributed by atoms with Crippen LogP contribution in [-0.2, 0) is 13.5 Å². The number of halogens is 1. The van der Waals surface area contributed by atoms with Crippen LogP contribution in [0.1, 0.15) is 5.69 Å². The number of aryl methyl sites for hydroxylation is 1. The molecule has 5 heteroatoms. The monoisotopic (exact) mass is 325 g/mol. The maximum atomic E-state index is 5.62. The molecule has 1 heterocycles. The molecular formula is C13H16BrN3S. The molecule has 0 saturated heterocycles. The Morgan fingerprint density at radius 1 is 1.33 bits per heavy atom. The second-order valence-electron chi connectivity index (χ2n) is 4.00.